The molecule has 0 saturated heterocycles. The number of methoxy groups -OCH3 is 2. The van der Waals surface area contributed by atoms with Crippen LogP contribution in [0.2, 0.25) is 0 Å². The van der Waals surface area contributed by atoms with Crippen LogP contribution in [0.5, 0.6) is 11.5 Å². The van der Waals surface area contributed by atoms with Gasteiger partial charge in [0.2, 0.25) is 0 Å². The maximum atomic E-state index is 10.6. The normalized spacial score (nSPS) is 11.9. The first-order chi connectivity index (χ1) is 8.58. The predicted octanol–water partition coefficient (Wildman–Crippen LogP) is 1.35. The van der Waals surface area contributed by atoms with Gasteiger partial charge in [-0.1, -0.05) is 0 Å². The SMILES string of the molecule is COc1ccc(OC)c(CSC[C@H](N)C(=O)O)c1. The van der Waals surface area contributed by atoms with Gasteiger partial charge in [0.05, 0.1) is 14.2 Å². The van der Waals surface area contributed by atoms with Gasteiger partial charge in [0.15, 0.2) is 0 Å². The molecule has 6 heteroatoms. The summed E-state index contributed by atoms with van der Waals surface area (Å²) in [7, 11) is 3.19. The summed E-state index contributed by atoms with van der Waals surface area (Å²) in [4.78, 5) is 10.6. The third-order valence-corrected chi connectivity index (χ3v) is 3.47. The van der Waals surface area contributed by atoms with E-state index in [2.05, 4.69) is 0 Å². The average Bonchev–Trinajstić information content (AvgIpc) is 2.38. The number of carbonyl (C=O) groups is 1. The Morgan fingerprint density at radius 1 is 1.44 bits per heavy atom. The maximum Gasteiger partial charge on any atom is 0.321 e. The Hall–Kier alpha value is -1.40. The highest BCUT2D eigenvalue weighted by Crippen LogP contribution is 2.27. The van der Waals surface area contributed by atoms with Gasteiger partial charge in [-0.15, -0.1) is 0 Å². The van der Waals surface area contributed by atoms with E-state index in [0.717, 1.165) is 17.1 Å². The lowest BCUT2D eigenvalue weighted by Crippen LogP contribution is -2.32. The zero-order valence-electron chi connectivity index (χ0n) is 10.4. The number of rotatable bonds is 7. The molecule has 5 nitrogen and oxygen atoms in total. The molecular weight excluding hydrogens is 254 g/mol. The van der Waals surface area contributed by atoms with Crippen LogP contribution in [0, 0.1) is 0 Å². The summed E-state index contributed by atoms with van der Waals surface area (Å²) >= 11 is 1.45. The minimum Gasteiger partial charge on any atom is -0.497 e. The fraction of sp³-hybridized carbons (Fsp3) is 0.417. The summed E-state index contributed by atoms with van der Waals surface area (Å²) in [6.07, 6.45) is 0. The molecule has 0 heterocycles. The van der Waals surface area contributed by atoms with Crippen LogP contribution in [-0.4, -0.2) is 37.1 Å². The first-order valence-electron chi connectivity index (χ1n) is 5.35. The Kier molecular flexibility index (Phi) is 5.80. The first-order valence-corrected chi connectivity index (χ1v) is 6.51. The van der Waals surface area contributed by atoms with Crippen molar-refractivity contribution in [2.24, 2.45) is 5.73 Å². The quantitative estimate of drug-likeness (QED) is 0.779. The van der Waals surface area contributed by atoms with Gasteiger partial charge in [0, 0.05) is 17.1 Å². The molecule has 1 aromatic carbocycles. The molecule has 0 saturated carbocycles. The van der Waals surface area contributed by atoms with Gasteiger partial charge in [-0.3, -0.25) is 4.79 Å². The van der Waals surface area contributed by atoms with E-state index in [1.54, 1.807) is 14.2 Å². The maximum absolute atomic E-state index is 10.6. The van der Waals surface area contributed by atoms with Crippen molar-refractivity contribution < 1.29 is 19.4 Å². The zero-order chi connectivity index (χ0) is 13.5. The van der Waals surface area contributed by atoms with E-state index in [-0.39, 0.29) is 0 Å². The topological polar surface area (TPSA) is 81.8 Å². The molecule has 0 aromatic heterocycles. The van der Waals surface area contributed by atoms with Gasteiger partial charge >= 0.3 is 5.97 Å². The van der Waals surface area contributed by atoms with E-state index in [4.69, 9.17) is 20.3 Å². The lowest BCUT2D eigenvalue weighted by molar-refractivity contribution is -0.137. The Labute approximate surface area is 110 Å². The molecule has 0 aliphatic carbocycles. The monoisotopic (exact) mass is 271 g/mol. The molecular formula is C12H17NO4S. The van der Waals surface area contributed by atoms with Crippen molar-refractivity contribution >= 4 is 17.7 Å². The molecule has 0 amide bonds. The minimum atomic E-state index is -0.986. The summed E-state index contributed by atoms with van der Waals surface area (Å²) in [5.74, 6) is 1.50. The first kappa shape index (κ1) is 14.7. The number of carboxylic acids is 1. The van der Waals surface area contributed by atoms with E-state index < -0.39 is 12.0 Å². The Balaban J connectivity index is 2.62. The fourth-order valence-electron chi connectivity index (χ4n) is 1.36. The smallest absolute Gasteiger partial charge is 0.321 e. The van der Waals surface area contributed by atoms with Gasteiger partial charge in [0.1, 0.15) is 17.5 Å². The van der Waals surface area contributed by atoms with Crippen LogP contribution in [0.1, 0.15) is 5.56 Å². The summed E-state index contributed by atoms with van der Waals surface area (Å²) < 4.78 is 10.4. The van der Waals surface area contributed by atoms with Crippen LogP contribution in [0.4, 0.5) is 0 Å². The minimum absolute atomic E-state index is 0.357. The standard InChI is InChI=1S/C12H17NO4S/c1-16-9-3-4-11(17-2)8(5-9)6-18-7-10(13)12(14)15/h3-5,10H,6-7,13H2,1-2H3,(H,14,15)/t10-/m0/s1. The van der Waals surface area contributed by atoms with Gasteiger partial charge < -0.3 is 20.3 Å². The van der Waals surface area contributed by atoms with Gasteiger partial charge in [0.25, 0.3) is 0 Å². The molecule has 1 aromatic rings. The van der Waals surface area contributed by atoms with Crippen LogP contribution in [0.25, 0.3) is 0 Å². The number of benzene rings is 1. The summed E-state index contributed by atoms with van der Waals surface area (Å²) in [5.41, 5.74) is 6.39. The molecule has 100 valence electrons. The number of carboxylic acid groups (broad SMARTS) is 1. The molecule has 0 radical (unpaired) electrons. The Bertz CT molecular complexity index is 411. The number of nitrogens with two attached hydrogens (primary N) is 1. The third-order valence-electron chi connectivity index (χ3n) is 2.36. The van der Waals surface area contributed by atoms with Crippen molar-refractivity contribution in [1.29, 1.82) is 0 Å². The molecule has 3 N–H and O–H groups in total. The van der Waals surface area contributed by atoms with Crippen LogP contribution in [-0.2, 0) is 10.5 Å². The highest BCUT2D eigenvalue weighted by Gasteiger charge is 2.12. The van der Waals surface area contributed by atoms with Crippen molar-refractivity contribution in [1.82, 2.24) is 0 Å². The molecule has 0 spiro atoms. The number of thioether (sulfide) groups is 1. The number of hydrogen-bond acceptors (Lipinski definition) is 5. The number of aliphatic carboxylic acids is 1. The van der Waals surface area contributed by atoms with E-state index in [1.807, 2.05) is 18.2 Å². The zero-order valence-corrected chi connectivity index (χ0v) is 11.2. The molecule has 0 bridgehead atoms. The summed E-state index contributed by atoms with van der Waals surface area (Å²) in [5, 5.41) is 8.68. The van der Waals surface area contributed by atoms with Gasteiger partial charge in [-0.2, -0.15) is 11.8 Å². The molecule has 0 aliphatic rings. The van der Waals surface area contributed by atoms with E-state index >= 15 is 0 Å². The largest absolute Gasteiger partial charge is 0.497 e. The molecule has 18 heavy (non-hydrogen) atoms. The Morgan fingerprint density at radius 3 is 2.72 bits per heavy atom. The summed E-state index contributed by atoms with van der Waals surface area (Å²) in [6.45, 7) is 0. The fourth-order valence-corrected chi connectivity index (χ4v) is 2.32. The molecule has 0 unspecified atom stereocenters. The molecule has 0 aliphatic heterocycles. The van der Waals surface area contributed by atoms with Crippen molar-refractivity contribution in [3.05, 3.63) is 23.8 Å². The number of hydrogen-bond donors (Lipinski definition) is 2. The average molecular weight is 271 g/mol. The molecule has 0 fully saturated rings. The van der Waals surface area contributed by atoms with Crippen LogP contribution in [0.15, 0.2) is 18.2 Å². The van der Waals surface area contributed by atoms with E-state index in [1.165, 1.54) is 11.8 Å². The van der Waals surface area contributed by atoms with Gasteiger partial charge in [-0.05, 0) is 18.2 Å². The van der Waals surface area contributed by atoms with Crippen molar-refractivity contribution in [2.45, 2.75) is 11.8 Å². The van der Waals surface area contributed by atoms with Crippen LogP contribution < -0.4 is 15.2 Å². The highest BCUT2D eigenvalue weighted by atomic mass is 32.2. The van der Waals surface area contributed by atoms with E-state index in [0.29, 0.717) is 11.5 Å². The molecule has 1 rings (SSSR count). The lowest BCUT2D eigenvalue weighted by Gasteiger charge is -2.11. The third kappa shape index (κ3) is 4.12. The second-order valence-electron chi connectivity index (χ2n) is 3.64. The van der Waals surface area contributed by atoms with Gasteiger partial charge in [-0.25, -0.2) is 0 Å². The van der Waals surface area contributed by atoms with E-state index in [9.17, 15) is 4.79 Å². The lowest BCUT2D eigenvalue weighted by atomic mass is 10.2. The highest BCUT2D eigenvalue weighted by molar-refractivity contribution is 7.98. The second kappa shape index (κ2) is 7.13. The molecule has 1 atom stereocenters. The second-order valence-corrected chi connectivity index (χ2v) is 4.67. The predicted molar refractivity (Wildman–Crippen MR) is 71.3 cm³/mol. The number of ether oxygens (including phenoxy) is 2. The summed E-state index contributed by atoms with van der Waals surface area (Å²) in [6, 6.07) is 4.67. The van der Waals surface area contributed by atoms with Crippen LogP contribution >= 0.6 is 11.8 Å². The Morgan fingerprint density at radius 2 is 2.17 bits per heavy atom. The van der Waals surface area contributed by atoms with Crippen LogP contribution in [0.3, 0.4) is 0 Å². The van der Waals surface area contributed by atoms with Crippen molar-refractivity contribution in [3.8, 4) is 11.5 Å². The van der Waals surface area contributed by atoms with Crippen molar-refractivity contribution in [3.63, 3.8) is 0 Å². The van der Waals surface area contributed by atoms with Crippen molar-refractivity contribution in [2.75, 3.05) is 20.0 Å².